The number of amides is 1. The molecule has 1 fully saturated rings. The minimum atomic E-state index is 0.328. The van der Waals surface area contributed by atoms with Gasteiger partial charge in [0.2, 0.25) is 5.91 Å². The summed E-state index contributed by atoms with van der Waals surface area (Å²) < 4.78 is 5.12. The Labute approximate surface area is 109 Å². The number of carbonyl (C=O) groups is 1. The maximum absolute atomic E-state index is 12.2. The maximum Gasteiger partial charge on any atom is 0.223 e. The second-order valence-electron chi connectivity index (χ2n) is 5.28. The summed E-state index contributed by atoms with van der Waals surface area (Å²) in [4.78, 5) is 14.2. The van der Waals surface area contributed by atoms with E-state index in [0.29, 0.717) is 18.4 Å². The van der Waals surface area contributed by atoms with Crippen LogP contribution in [0, 0.1) is 5.92 Å². The van der Waals surface area contributed by atoms with Gasteiger partial charge in [0, 0.05) is 26.6 Å². The molecular weight excluding hydrogens is 228 g/mol. The molecule has 2 aliphatic rings. The van der Waals surface area contributed by atoms with Crippen molar-refractivity contribution in [1.29, 1.82) is 0 Å². The summed E-state index contributed by atoms with van der Waals surface area (Å²) in [6, 6.07) is 0. The van der Waals surface area contributed by atoms with E-state index in [-0.39, 0.29) is 0 Å². The van der Waals surface area contributed by atoms with Crippen LogP contribution in [0.4, 0.5) is 0 Å². The van der Waals surface area contributed by atoms with Crippen LogP contribution in [0.25, 0.3) is 0 Å². The number of rotatable bonds is 4. The first-order chi connectivity index (χ1) is 8.79. The molecule has 0 aromatic heterocycles. The van der Waals surface area contributed by atoms with Gasteiger partial charge in [0.05, 0.1) is 6.61 Å². The SMILES string of the molecule is COCC1=CCN(C(=O)CC2CCNCC2)CC1. The lowest BCUT2D eigenvalue weighted by molar-refractivity contribution is -0.132. The second-order valence-corrected chi connectivity index (χ2v) is 5.28. The fraction of sp³-hybridized carbons (Fsp3) is 0.786. The Hall–Kier alpha value is -0.870. The predicted molar refractivity (Wildman–Crippen MR) is 71.4 cm³/mol. The number of hydrogen-bond acceptors (Lipinski definition) is 3. The average Bonchev–Trinajstić information content (AvgIpc) is 2.41. The smallest absolute Gasteiger partial charge is 0.223 e. The van der Waals surface area contributed by atoms with E-state index < -0.39 is 0 Å². The second kappa shape index (κ2) is 6.90. The molecule has 0 aliphatic carbocycles. The van der Waals surface area contributed by atoms with E-state index in [0.717, 1.165) is 51.9 Å². The van der Waals surface area contributed by atoms with Gasteiger partial charge in [-0.2, -0.15) is 0 Å². The van der Waals surface area contributed by atoms with Gasteiger partial charge < -0.3 is 15.0 Å². The number of piperidine rings is 1. The zero-order chi connectivity index (χ0) is 12.8. The molecule has 0 atom stereocenters. The van der Waals surface area contributed by atoms with E-state index in [2.05, 4.69) is 11.4 Å². The van der Waals surface area contributed by atoms with Crippen molar-refractivity contribution >= 4 is 5.91 Å². The van der Waals surface area contributed by atoms with E-state index in [4.69, 9.17) is 4.74 Å². The molecule has 0 bridgehead atoms. The molecule has 1 amide bonds. The number of nitrogens with zero attached hydrogens (tertiary/aromatic N) is 1. The molecule has 0 radical (unpaired) electrons. The van der Waals surface area contributed by atoms with Gasteiger partial charge in [-0.25, -0.2) is 0 Å². The highest BCUT2D eigenvalue weighted by Gasteiger charge is 2.22. The molecule has 0 aromatic rings. The van der Waals surface area contributed by atoms with Crippen LogP contribution in [-0.2, 0) is 9.53 Å². The molecule has 2 heterocycles. The highest BCUT2D eigenvalue weighted by Crippen LogP contribution is 2.19. The highest BCUT2D eigenvalue weighted by molar-refractivity contribution is 5.76. The monoisotopic (exact) mass is 252 g/mol. The number of nitrogens with one attached hydrogen (secondary N) is 1. The molecule has 4 heteroatoms. The summed E-state index contributed by atoms with van der Waals surface area (Å²) in [5.41, 5.74) is 1.32. The number of carbonyl (C=O) groups excluding carboxylic acids is 1. The van der Waals surface area contributed by atoms with Crippen LogP contribution >= 0.6 is 0 Å². The Morgan fingerprint density at radius 3 is 2.89 bits per heavy atom. The molecular formula is C14H24N2O2. The molecule has 1 N–H and O–H groups in total. The third-order valence-electron chi connectivity index (χ3n) is 3.91. The van der Waals surface area contributed by atoms with Crippen molar-refractivity contribution in [1.82, 2.24) is 10.2 Å². The van der Waals surface area contributed by atoms with Crippen molar-refractivity contribution in [2.24, 2.45) is 5.92 Å². The van der Waals surface area contributed by atoms with E-state index in [1.807, 2.05) is 4.90 Å². The molecule has 18 heavy (non-hydrogen) atoms. The summed E-state index contributed by atoms with van der Waals surface area (Å²) in [6.07, 6.45) is 6.13. The third kappa shape index (κ3) is 3.82. The molecule has 2 aliphatic heterocycles. The van der Waals surface area contributed by atoms with Gasteiger partial charge in [0.25, 0.3) is 0 Å². The molecule has 1 saturated heterocycles. The normalized spacial score (nSPS) is 21.8. The zero-order valence-electron chi connectivity index (χ0n) is 11.3. The quantitative estimate of drug-likeness (QED) is 0.764. The summed E-state index contributed by atoms with van der Waals surface area (Å²) >= 11 is 0. The Balaban J connectivity index is 1.76. The lowest BCUT2D eigenvalue weighted by Gasteiger charge is -2.29. The summed E-state index contributed by atoms with van der Waals surface area (Å²) in [7, 11) is 1.72. The van der Waals surface area contributed by atoms with Gasteiger partial charge in [-0.1, -0.05) is 6.08 Å². The topological polar surface area (TPSA) is 41.6 Å². The first-order valence-electron chi connectivity index (χ1n) is 6.95. The minimum Gasteiger partial charge on any atom is -0.380 e. The van der Waals surface area contributed by atoms with Crippen molar-refractivity contribution in [2.45, 2.75) is 25.7 Å². The molecule has 0 aromatic carbocycles. The van der Waals surface area contributed by atoms with Crippen LogP contribution in [0.1, 0.15) is 25.7 Å². The van der Waals surface area contributed by atoms with Gasteiger partial charge in [-0.15, -0.1) is 0 Å². The van der Waals surface area contributed by atoms with Crippen molar-refractivity contribution < 1.29 is 9.53 Å². The molecule has 102 valence electrons. The number of ether oxygens (including phenoxy) is 1. The maximum atomic E-state index is 12.2. The fourth-order valence-electron chi connectivity index (χ4n) is 2.72. The summed E-state index contributed by atoms with van der Waals surface area (Å²) in [5.74, 6) is 0.915. The first-order valence-corrected chi connectivity index (χ1v) is 6.95. The average molecular weight is 252 g/mol. The largest absolute Gasteiger partial charge is 0.380 e. The van der Waals surface area contributed by atoms with E-state index >= 15 is 0 Å². The van der Waals surface area contributed by atoms with Crippen LogP contribution in [0.15, 0.2) is 11.6 Å². The predicted octanol–water partition coefficient (Wildman–Crippen LogP) is 1.18. The molecule has 4 nitrogen and oxygen atoms in total. The molecule has 2 rings (SSSR count). The highest BCUT2D eigenvalue weighted by atomic mass is 16.5. The van der Waals surface area contributed by atoms with Gasteiger partial charge in [-0.3, -0.25) is 4.79 Å². The van der Waals surface area contributed by atoms with Crippen LogP contribution in [0.2, 0.25) is 0 Å². The van der Waals surface area contributed by atoms with E-state index in [1.54, 1.807) is 7.11 Å². The van der Waals surface area contributed by atoms with Gasteiger partial charge in [0.1, 0.15) is 0 Å². The van der Waals surface area contributed by atoms with Gasteiger partial charge >= 0.3 is 0 Å². The molecule has 0 spiro atoms. The van der Waals surface area contributed by atoms with Crippen LogP contribution < -0.4 is 5.32 Å². The Bertz CT molecular complexity index is 309. The van der Waals surface area contributed by atoms with Gasteiger partial charge in [-0.05, 0) is 43.8 Å². The van der Waals surface area contributed by atoms with Crippen molar-refractivity contribution in [3.05, 3.63) is 11.6 Å². The lowest BCUT2D eigenvalue weighted by Crippen LogP contribution is -2.38. The third-order valence-corrected chi connectivity index (χ3v) is 3.91. The van der Waals surface area contributed by atoms with Crippen LogP contribution in [0.5, 0.6) is 0 Å². The fourth-order valence-corrected chi connectivity index (χ4v) is 2.72. The summed E-state index contributed by atoms with van der Waals surface area (Å²) in [5, 5.41) is 3.34. The van der Waals surface area contributed by atoms with E-state index in [9.17, 15) is 4.79 Å². The Kier molecular flexibility index (Phi) is 5.20. The minimum absolute atomic E-state index is 0.328. The molecule has 0 unspecified atom stereocenters. The number of methoxy groups -OCH3 is 1. The molecule has 0 saturated carbocycles. The van der Waals surface area contributed by atoms with Gasteiger partial charge in [0.15, 0.2) is 0 Å². The lowest BCUT2D eigenvalue weighted by atomic mass is 9.94. The summed E-state index contributed by atoms with van der Waals surface area (Å²) in [6.45, 7) is 4.46. The first kappa shape index (κ1) is 13.6. The Morgan fingerprint density at radius 2 is 2.28 bits per heavy atom. The zero-order valence-corrected chi connectivity index (χ0v) is 11.3. The van der Waals surface area contributed by atoms with Crippen LogP contribution in [0.3, 0.4) is 0 Å². The van der Waals surface area contributed by atoms with Crippen molar-refractivity contribution in [3.63, 3.8) is 0 Å². The standard InChI is InChI=1S/C14H24N2O2/c1-18-11-13-4-8-16(9-5-13)14(17)10-12-2-6-15-7-3-12/h4,12,15H,2-3,5-11H2,1H3. The van der Waals surface area contributed by atoms with Crippen molar-refractivity contribution in [3.8, 4) is 0 Å². The van der Waals surface area contributed by atoms with Crippen LogP contribution in [-0.4, -0.2) is 50.7 Å². The Morgan fingerprint density at radius 1 is 1.50 bits per heavy atom. The van der Waals surface area contributed by atoms with Crippen molar-refractivity contribution in [2.75, 3.05) is 39.9 Å². The van der Waals surface area contributed by atoms with E-state index in [1.165, 1.54) is 5.57 Å². The number of hydrogen-bond donors (Lipinski definition) is 1.